The van der Waals surface area contributed by atoms with E-state index in [4.69, 9.17) is 10.00 Å². The van der Waals surface area contributed by atoms with Crippen molar-refractivity contribution in [2.75, 3.05) is 11.9 Å². The molecule has 0 saturated carbocycles. The molecule has 1 N–H and O–H groups in total. The second-order valence-corrected chi connectivity index (χ2v) is 7.67. The SMILES string of the molecule is CC(C)(CCC#N)c1ccc(C(=O)Nc2cn3c4c(ccc3n2)OCC4)cc1. The van der Waals surface area contributed by atoms with E-state index in [1.54, 1.807) is 0 Å². The van der Waals surface area contributed by atoms with E-state index in [0.29, 0.717) is 24.4 Å². The summed E-state index contributed by atoms with van der Waals surface area (Å²) in [5, 5.41) is 11.7. The molecule has 6 nitrogen and oxygen atoms in total. The predicted octanol–water partition coefficient (Wildman–Crippen LogP) is 4.10. The lowest BCUT2D eigenvalue weighted by molar-refractivity contribution is 0.102. The lowest BCUT2D eigenvalue weighted by Gasteiger charge is -2.24. The van der Waals surface area contributed by atoms with Gasteiger partial charge in [-0.2, -0.15) is 5.26 Å². The van der Waals surface area contributed by atoms with Crippen molar-refractivity contribution in [3.63, 3.8) is 0 Å². The molecule has 6 heteroatoms. The number of aromatic nitrogens is 2. The summed E-state index contributed by atoms with van der Waals surface area (Å²) in [6.45, 7) is 4.89. The Labute approximate surface area is 163 Å². The highest BCUT2D eigenvalue weighted by atomic mass is 16.5. The fourth-order valence-corrected chi connectivity index (χ4v) is 3.56. The molecule has 0 bridgehead atoms. The zero-order valence-corrected chi connectivity index (χ0v) is 16.0. The van der Waals surface area contributed by atoms with Crippen molar-refractivity contribution in [2.24, 2.45) is 0 Å². The van der Waals surface area contributed by atoms with Crippen LogP contribution in [0, 0.1) is 11.3 Å². The van der Waals surface area contributed by atoms with Crippen LogP contribution in [-0.2, 0) is 11.8 Å². The van der Waals surface area contributed by atoms with E-state index in [-0.39, 0.29) is 11.3 Å². The van der Waals surface area contributed by atoms with Crippen LogP contribution < -0.4 is 10.1 Å². The molecule has 1 aromatic carbocycles. The molecule has 4 rings (SSSR count). The van der Waals surface area contributed by atoms with Gasteiger partial charge in [0.15, 0.2) is 5.82 Å². The highest BCUT2D eigenvalue weighted by Gasteiger charge is 2.21. The summed E-state index contributed by atoms with van der Waals surface area (Å²) in [5.74, 6) is 1.19. The van der Waals surface area contributed by atoms with Crippen LogP contribution in [0.4, 0.5) is 5.82 Å². The molecule has 28 heavy (non-hydrogen) atoms. The molecule has 3 aromatic rings. The van der Waals surface area contributed by atoms with Crippen LogP contribution >= 0.6 is 0 Å². The van der Waals surface area contributed by atoms with Gasteiger partial charge in [-0.15, -0.1) is 0 Å². The van der Waals surface area contributed by atoms with E-state index in [1.807, 2.05) is 47.0 Å². The predicted molar refractivity (Wildman–Crippen MR) is 107 cm³/mol. The van der Waals surface area contributed by atoms with Gasteiger partial charge in [0, 0.05) is 18.4 Å². The maximum Gasteiger partial charge on any atom is 0.256 e. The average molecular weight is 374 g/mol. The van der Waals surface area contributed by atoms with Crippen LogP contribution in [0.2, 0.25) is 0 Å². The fraction of sp³-hybridized carbons (Fsp3) is 0.318. The smallest absolute Gasteiger partial charge is 0.256 e. The zero-order valence-electron chi connectivity index (χ0n) is 16.0. The third-order valence-electron chi connectivity index (χ3n) is 5.32. The van der Waals surface area contributed by atoms with Crippen molar-refractivity contribution in [1.82, 2.24) is 9.38 Å². The fourth-order valence-electron chi connectivity index (χ4n) is 3.56. The molecule has 0 fully saturated rings. The Balaban J connectivity index is 1.51. The van der Waals surface area contributed by atoms with Crippen LogP contribution in [0.5, 0.6) is 5.75 Å². The van der Waals surface area contributed by atoms with Gasteiger partial charge >= 0.3 is 0 Å². The van der Waals surface area contributed by atoms with Crippen LogP contribution in [0.3, 0.4) is 0 Å². The Morgan fingerprint density at radius 3 is 2.82 bits per heavy atom. The molecule has 0 saturated heterocycles. The molecule has 3 heterocycles. The minimum Gasteiger partial charge on any atom is -0.491 e. The third kappa shape index (κ3) is 3.31. The van der Waals surface area contributed by atoms with Crippen LogP contribution in [0.1, 0.15) is 48.3 Å². The Bertz CT molecular complexity index is 1070. The Morgan fingerprint density at radius 1 is 1.29 bits per heavy atom. The molecule has 0 unspecified atom stereocenters. The number of hydrogen-bond donors (Lipinski definition) is 1. The molecule has 0 aliphatic carbocycles. The van der Waals surface area contributed by atoms with E-state index in [2.05, 4.69) is 30.2 Å². The van der Waals surface area contributed by atoms with Crippen molar-refractivity contribution in [3.05, 3.63) is 59.4 Å². The lowest BCUT2D eigenvalue weighted by atomic mass is 9.80. The number of ether oxygens (including phenoxy) is 1. The van der Waals surface area contributed by atoms with Gasteiger partial charge in [-0.3, -0.25) is 9.20 Å². The number of pyridine rings is 1. The Kier molecular flexibility index (Phi) is 4.52. The van der Waals surface area contributed by atoms with Crippen LogP contribution in [0.25, 0.3) is 5.65 Å². The number of carbonyl (C=O) groups is 1. The maximum atomic E-state index is 12.6. The first-order chi connectivity index (χ1) is 13.5. The number of carbonyl (C=O) groups excluding carboxylic acids is 1. The topological polar surface area (TPSA) is 79.4 Å². The summed E-state index contributed by atoms with van der Waals surface area (Å²) in [6, 6.07) is 13.6. The first-order valence-electron chi connectivity index (χ1n) is 9.40. The highest BCUT2D eigenvalue weighted by molar-refractivity contribution is 6.03. The van der Waals surface area contributed by atoms with Crippen molar-refractivity contribution in [1.29, 1.82) is 5.26 Å². The molecular formula is C22H22N4O2. The molecular weight excluding hydrogens is 352 g/mol. The Morgan fingerprint density at radius 2 is 2.07 bits per heavy atom. The van der Waals surface area contributed by atoms with Gasteiger partial charge in [0.05, 0.1) is 24.6 Å². The number of amides is 1. The minimum absolute atomic E-state index is 0.102. The first-order valence-corrected chi connectivity index (χ1v) is 9.40. The molecule has 1 amide bonds. The van der Waals surface area contributed by atoms with Crippen LogP contribution in [0.15, 0.2) is 42.6 Å². The number of fused-ring (bicyclic) bond motifs is 3. The standard InChI is InChI=1S/C22H22N4O2/c1-22(2,11-3-12-23)16-6-4-15(5-7-16)21(27)25-19-14-26-17-10-13-28-18(17)8-9-20(26)24-19/h4-9,14H,3,10-11,13H2,1-2H3,(H,25,27). The summed E-state index contributed by atoms with van der Waals surface area (Å²) in [6.07, 6.45) is 3.96. The van der Waals surface area contributed by atoms with Gasteiger partial charge in [0.2, 0.25) is 0 Å². The van der Waals surface area contributed by atoms with Gasteiger partial charge in [-0.05, 0) is 41.7 Å². The number of hydrogen-bond acceptors (Lipinski definition) is 4. The van der Waals surface area contributed by atoms with Crippen LogP contribution in [-0.4, -0.2) is 21.9 Å². The number of nitrogens with one attached hydrogen (secondary N) is 1. The summed E-state index contributed by atoms with van der Waals surface area (Å²) < 4.78 is 7.55. The lowest BCUT2D eigenvalue weighted by Crippen LogP contribution is -2.17. The molecule has 0 atom stereocenters. The van der Waals surface area contributed by atoms with E-state index < -0.39 is 0 Å². The van der Waals surface area contributed by atoms with Gasteiger partial charge in [0.1, 0.15) is 11.4 Å². The second kappa shape index (κ2) is 7.01. The quantitative estimate of drug-likeness (QED) is 0.729. The number of imidazole rings is 1. The highest BCUT2D eigenvalue weighted by Crippen LogP contribution is 2.29. The number of nitrogens with zero attached hydrogens (tertiary/aromatic N) is 3. The Hall–Kier alpha value is -3.33. The molecule has 142 valence electrons. The van der Waals surface area contributed by atoms with Crippen molar-refractivity contribution in [2.45, 2.75) is 38.5 Å². The summed E-state index contributed by atoms with van der Waals surface area (Å²) >= 11 is 0. The molecule has 0 radical (unpaired) electrons. The molecule has 2 aromatic heterocycles. The number of rotatable bonds is 5. The van der Waals surface area contributed by atoms with Gasteiger partial charge in [-0.1, -0.05) is 26.0 Å². The number of anilines is 1. The third-order valence-corrected chi connectivity index (χ3v) is 5.32. The van der Waals surface area contributed by atoms with Crippen molar-refractivity contribution in [3.8, 4) is 11.8 Å². The summed E-state index contributed by atoms with van der Waals surface area (Å²) in [7, 11) is 0. The zero-order chi connectivity index (χ0) is 19.7. The van der Waals surface area contributed by atoms with Crippen molar-refractivity contribution < 1.29 is 9.53 Å². The van der Waals surface area contributed by atoms with E-state index in [1.165, 1.54) is 0 Å². The number of nitriles is 1. The molecule has 0 spiro atoms. The van der Waals surface area contributed by atoms with Gasteiger partial charge in [0.25, 0.3) is 5.91 Å². The second-order valence-electron chi connectivity index (χ2n) is 7.67. The van der Waals surface area contributed by atoms with Gasteiger partial charge in [-0.25, -0.2) is 4.98 Å². The maximum absolute atomic E-state index is 12.6. The van der Waals surface area contributed by atoms with E-state index in [0.717, 1.165) is 35.5 Å². The summed E-state index contributed by atoms with van der Waals surface area (Å²) in [5.41, 5.74) is 3.45. The first kappa shape index (κ1) is 18.1. The minimum atomic E-state index is -0.197. The molecule has 1 aliphatic heterocycles. The number of benzene rings is 1. The normalized spacial score (nSPS) is 13.0. The van der Waals surface area contributed by atoms with E-state index >= 15 is 0 Å². The average Bonchev–Trinajstić information content (AvgIpc) is 3.32. The molecule has 1 aliphatic rings. The van der Waals surface area contributed by atoms with Gasteiger partial charge < -0.3 is 10.1 Å². The summed E-state index contributed by atoms with van der Waals surface area (Å²) in [4.78, 5) is 17.1. The monoisotopic (exact) mass is 374 g/mol. The van der Waals surface area contributed by atoms with Crippen molar-refractivity contribution >= 4 is 17.4 Å². The largest absolute Gasteiger partial charge is 0.491 e. The van der Waals surface area contributed by atoms with E-state index in [9.17, 15) is 4.79 Å².